The van der Waals surface area contributed by atoms with Crippen LogP contribution in [0.25, 0.3) is 0 Å². The molecule has 2 rings (SSSR count). The van der Waals surface area contributed by atoms with Crippen LogP contribution in [-0.4, -0.2) is 17.1 Å². The molecular weight excluding hydrogens is 216 g/mol. The van der Waals surface area contributed by atoms with Gasteiger partial charge < -0.3 is 16.2 Å². The van der Waals surface area contributed by atoms with Gasteiger partial charge >= 0.3 is 0 Å². The molecule has 1 saturated carbocycles. The zero-order valence-corrected chi connectivity index (χ0v) is 9.73. The number of benzene rings is 1. The number of nitrogens with two attached hydrogens (primary N) is 1. The molecule has 0 radical (unpaired) electrons. The van der Waals surface area contributed by atoms with Gasteiger partial charge in [-0.1, -0.05) is 18.2 Å². The van der Waals surface area contributed by atoms with Crippen molar-refractivity contribution in [1.29, 1.82) is 0 Å². The molecule has 1 aliphatic rings. The van der Waals surface area contributed by atoms with Gasteiger partial charge in [0.2, 0.25) is 5.91 Å². The Kier molecular flexibility index (Phi) is 3.64. The SMILES string of the molecule is NC(CC(=O)NCc1ccccc1O)C1CC1. The Bertz CT molecular complexity index is 402. The summed E-state index contributed by atoms with van der Waals surface area (Å²) in [4.78, 5) is 11.6. The number of aromatic hydroxyl groups is 1. The molecule has 1 aromatic rings. The zero-order chi connectivity index (χ0) is 12.3. The van der Waals surface area contributed by atoms with E-state index in [1.807, 2.05) is 6.07 Å². The highest BCUT2D eigenvalue weighted by molar-refractivity contribution is 5.76. The lowest BCUT2D eigenvalue weighted by atomic mass is 10.1. The molecule has 1 unspecified atom stereocenters. The van der Waals surface area contributed by atoms with Crippen LogP contribution in [0, 0.1) is 5.92 Å². The van der Waals surface area contributed by atoms with Crippen molar-refractivity contribution in [3.8, 4) is 5.75 Å². The van der Waals surface area contributed by atoms with E-state index in [0.29, 0.717) is 18.9 Å². The number of phenols is 1. The highest BCUT2D eigenvalue weighted by atomic mass is 16.3. The van der Waals surface area contributed by atoms with Gasteiger partial charge in [-0.25, -0.2) is 0 Å². The number of hydrogen-bond acceptors (Lipinski definition) is 3. The first-order valence-corrected chi connectivity index (χ1v) is 5.96. The maximum atomic E-state index is 11.6. The highest BCUT2D eigenvalue weighted by Crippen LogP contribution is 2.32. The summed E-state index contributed by atoms with van der Waals surface area (Å²) in [5, 5.41) is 12.3. The van der Waals surface area contributed by atoms with Gasteiger partial charge in [0, 0.05) is 24.6 Å². The van der Waals surface area contributed by atoms with E-state index in [9.17, 15) is 9.90 Å². The van der Waals surface area contributed by atoms with Crippen LogP contribution in [-0.2, 0) is 11.3 Å². The van der Waals surface area contributed by atoms with Gasteiger partial charge in [0.05, 0.1) is 0 Å². The van der Waals surface area contributed by atoms with Crippen molar-refractivity contribution in [1.82, 2.24) is 5.32 Å². The number of rotatable bonds is 5. The van der Waals surface area contributed by atoms with E-state index in [1.54, 1.807) is 18.2 Å². The molecule has 4 nitrogen and oxygen atoms in total. The molecule has 4 N–H and O–H groups in total. The Labute approximate surface area is 101 Å². The average molecular weight is 234 g/mol. The van der Waals surface area contributed by atoms with Crippen LogP contribution in [0.2, 0.25) is 0 Å². The van der Waals surface area contributed by atoms with Crippen LogP contribution in [0.1, 0.15) is 24.8 Å². The van der Waals surface area contributed by atoms with E-state index in [4.69, 9.17) is 5.73 Å². The molecule has 1 aromatic carbocycles. The van der Waals surface area contributed by atoms with E-state index in [2.05, 4.69) is 5.32 Å². The van der Waals surface area contributed by atoms with Crippen molar-refractivity contribution in [2.75, 3.05) is 0 Å². The third-order valence-corrected chi connectivity index (χ3v) is 3.12. The summed E-state index contributed by atoms with van der Waals surface area (Å²) in [6.45, 7) is 0.350. The third-order valence-electron chi connectivity index (χ3n) is 3.12. The van der Waals surface area contributed by atoms with Gasteiger partial charge in [0.15, 0.2) is 0 Å². The molecule has 1 fully saturated rings. The van der Waals surface area contributed by atoms with Crippen molar-refractivity contribution in [3.05, 3.63) is 29.8 Å². The number of amides is 1. The maximum Gasteiger partial charge on any atom is 0.221 e. The second-order valence-electron chi connectivity index (χ2n) is 4.61. The summed E-state index contributed by atoms with van der Waals surface area (Å²) >= 11 is 0. The molecule has 0 saturated heterocycles. The minimum Gasteiger partial charge on any atom is -0.508 e. The summed E-state index contributed by atoms with van der Waals surface area (Å²) < 4.78 is 0. The monoisotopic (exact) mass is 234 g/mol. The first kappa shape index (κ1) is 11.9. The topological polar surface area (TPSA) is 75.4 Å². The minimum absolute atomic E-state index is 0.0145. The lowest BCUT2D eigenvalue weighted by Gasteiger charge is -2.11. The average Bonchev–Trinajstić information content (AvgIpc) is 3.11. The van der Waals surface area contributed by atoms with Gasteiger partial charge in [-0.2, -0.15) is 0 Å². The Hall–Kier alpha value is -1.55. The lowest BCUT2D eigenvalue weighted by molar-refractivity contribution is -0.121. The lowest BCUT2D eigenvalue weighted by Crippen LogP contribution is -2.32. The van der Waals surface area contributed by atoms with Crippen molar-refractivity contribution < 1.29 is 9.90 Å². The van der Waals surface area contributed by atoms with Gasteiger partial charge in [-0.15, -0.1) is 0 Å². The summed E-state index contributed by atoms with van der Waals surface area (Å²) in [6.07, 6.45) is 2.67. The van der Waals surface area contributed by atoms with E-state index < -0.39 is 0 Å². The fourth-order valence-electron chi connectivity index (χ4n) is 1.83. The number of carbonyl (C=O) groups is 1. The predicted molar refractivity (Wildman–Crippen MR) is 65.3 cm³/mol. The maximum absolute atomic E-state index is 11.6. The van der Waals surface area contributed by atoms with Crippen LogP contribution in [0.15, 0.2) is 24.3 Å². The smallest absolute Gasteiger partial charge is 0.221 e. The van der Waals surface area contributed by atoms with Gasteiger partial charge in [0.25, 0.3) is 0 Å². The van der Waals surface area contributed by atoms with Crippen molar-refractivity contribution >= 4 is 5.91 Å². The van der Waals surface area contributed by atoms with Crippen LogP contribution >= 0.6 is 0 Å². The first-order chi connectivity index (χ1) is 8.16. The van der Waals surface area contributed by atoms with E-state index in [0.717, 1.165) is 18.4 Å². The molecule has 4 heteroatoms. The van der Waals surface area contributed by atoms with Crippen molar-refractivity contribution in [2.45, 2.75) is 31.8 Å². The molecular formula is C13H18N2O2. The fraction of sp³-hybridized carbons (Fsp3) is 0.462. The van der Waals surface area contributed by atoms with Gasteiger partial charge in [0.1, 0.15) is 5.75 Å². The number of para-hydroxylation sites is 1. The molecule has 1 amide bonds. The Morgan fingerprint density at radius 1 is 1.47 bits per heavy atom. The molecule has 0 spiro atoms. The molecule has 1 aliphatic carbocycles. The molecule has 0 aromatic heterocycles. The summed E-state index contributed by atoms with van der Waals surface area (Å²) in [5.74, 6) is 0.692. The van der Waals surface area contributed by atoms with Crippen LogP contribution in [0.5, 0.6) is 5.75 Å². The molecule has 0 aliphatic heterocycles. The number of hydrogen-bond donors (Lipinski definition) is 3. The second kappa shape index (κ2) is 5.19. The summed E-state index contributed by atoms with van der Waals surface area (Å²) in [6, 6.07) is 6.97. The van der Waals surface area contributed by atoms with Crippen molar-refractivity contribution in [2.24, 2.45) is 11.7 Å². The number of nitrogens with one attached hydrogen (secondary N) is 1. The minimum atomic E-state index is -0.0485. The van der Waals surface area contributed by atoms with Gasteiger partial charge in [-0.3, -0.25) is 4.79 Å². The second-order valence-corrected chi connectivity index (χ2v) is 4.61. The Balaban J connectivity index is 1.77. The number of carbonyl (C=O) groups excluding carboxylic acids is 1. The molecule has 0 bridgehead atoms. The first-order valence-electron chi connectivity index (χ1n) is 5.96. The molecule has 0 heterocycles. The quantitative estimate of drug-likeness (QED) is 0.715. The summed E-state index contributed by atoms with van der Waals surface area (Å²) in [5.41, 5.74) is 6.59. The fourth-order valence-corrected chi connectivity index (χ4v) is 1.83. The zero-order valence-electron chi connectivity index (χ0n) is 9.73. The van der Waals surface area contributed by atoms with Crippen LogP contribution in [0.4, 0.5) is 0 Å². The normalized spacial score (nSPS) is 16.5. The predicted octanol–water partition coefficient (Wildman–Crippen LogP) is 1.14. The van der Waals surface area contributed by atoms with E-state index in [1.165, 1.54) is 0 Å². The summed E-state index contributed by atoms with van der Waals surface area (Å²) in [7, 11) is 0. The standard InChI is InChI=1S/C13H18N2O2/c14-11(9-5-6-9)7-13(17)15-8-10-3-1-2-4-12(10)16/h1-4,9,11,16H,5-8,14H2,(H,15,17). The Morgan fingerprint density at radius 2 is 2.18 bits per heavy atom. The van der Waals surface area contributed by atoms with Crippen molar-refractivity contribution in [3.63, 3.8) is 0 Å². The van der Waals surface area contributed by atoms with Crippen LogP contribution < -0.4 is 11.1 Å². The Morgan fingerprint density at radius 3 is 2.82 bits per heavy atom. The third kappa shape index (κ3) is 3.46. The molecule has 92 valence electrons. The number of phenolic OH excluding ortho intramolecular Hbond substituents is 1. The highest BCUT2D eigenvalue weighted by Gasteiger charge is 2.29. The molecule has 1 atom stereocenters. The van der Waals surface area contributed by atoms with E-state index >= 15 is 0 Å². The van der Waals surface area contributed by atoms with Crippen LogP contribution in [0.3, 0.4) is 0 Å². The van der Waals surface area contributed by atoms with E-state index in [-0.39, 0.29) is 17.7 Å². The van der Waals surface area contributed by atoms with Gasteiger partial charge in [-0.05, 0) is 24.8 Å². The molecule has 17 heavy (non-hydrogen) atoms. The largest absolute Gasteiger partial charge is 0.508 e.